The summed E-state index contributed by atoms with van der Waals surface area (Å²) in [6.07, 6.45) is 2.60. The number of rotatable bonds is 8. The molecule has 1 fully saturated rings. The smallest absolute Gasteiger partial charge is 0.183 e. The van der Waals surface area contributed by atoms with Gasteiger partial charge in [0.1, 0.15) is 5.75 Å². The minimum atomic E-state index is -3.81. The molecule has 0 spiro atoms. The summed E-state index contributed by atoms with van der Waals surface area (Å²) in [7, 11) is -7.26. The van der Waals surface area contributed by atoms with Crippen molar-refractivity contribution >= 4 is 30.6 Å². The largest absolute Gasteiger partial charge is 0.494 e. The second kappa shape index (κ2) is 8.64. The highest BCUT2D eigenvalue weighted by Crippen LogP contribution is 2.27. The lowest BCUT2D eigenvalue weighted by Crippen LogP contribution is -2.44. The van der Waals surface area contributed by atoms with E-state index in [9.17, 15) is 16.8 Å². The summed E-state index contributed by atoms with van der Waals surface area (Å²) >= 11 is 0. The van der Waals surface area contributed by atoms with Gasteiger partial charge in [-0.2, -0.15) is 0 Å². The summed E-state index contributed by atoms with van der Waals surface area (Å²) in [6.45, 7) is 2.81. The van der Waals surface area contributed by atoms with Crippen molar-refractivity contribution < 1.29 is 21.6 Å². The Labute approximate surface area is 182 Å². The van der Waals surface area contributed by atoms with Crippen molar-refractivity contribution in [3.8, 4) is 5.75 Å². The average molecular weight is 463 g/mol. The Kier molecular flexibility index (Phi) is 6.09. The van der Waals surface area contributed by atoms with Gasteiger partial charge in [-0.1, -0.05) is 18.2 Å². The highest BCUT2D eigenvalue weighted by molar-refractivity contribution is 7.96. The molecule has 0 bridgehead atoms. The van der Waals surface area contributed by atoms with Crippen molar-refractivity contribution in [2.24, 2.45) is 0 Å². The normalized spacial score (nSPS) is 20.8. The van der Waals surface area contributed by atoms with Crippen LogP contribution in [0.1, 0.15) is 12.5 Å². The molecule has 2 N–H and O–H groups in total. The molecule has 0 radical (unpaired) electrons. The molecule has 1 aliphatic heterocycles. The van der Waals surface area contributed by atoms with Crippen molar-refractivity contribution in [1.82, 2.24) is 10.3 Å². The zero-order valence-corrected chi connectivity index (χ0v) is 18.9. The number of para-hydroxylation sites is 1. The van der Waals surface area contributed by atoms with E-state index in [1.807, 2.05) is 37.4 Å². The Morgan fingerprint density at radius 1 is 1.10 bits per heavy atom. The van der Waals surface area contributed by atoms with Gasteiger partial charge in [0.25, 0.3) is 0 Å². The first kappa shape index (κ1) is 21.9. The molecule has 0 amide bonds. The molecule has 2 aromatic carbocycles. The van der Waals surface area contributed by atoms with Crippen molar-refractivity contribution in [2.45, 2.75) is 29.5 Å². The maximum atomic E-state index is 13.2. The number of nitrogens with one attached hydrogen (secondary N) is 2. The van der Waals surface area contributed by atoms with Crippen LogP contribution in [0.2, 0.25) is 0 Å². The van der Waals surface area contributed by atoms with Gasteiger partial charge >= 0.3 is 0 Å². The van der Waals surface area contributed by atoms with E-state index in [1.54, 1.807) is 12.1 Å². The molecule has 0 saturated carbocycles. The predicted molar refractivity (Wildman–Crippen MR) is 121 cm³/mol. The van der Waals surface area contributed by atoms with Crippen LogP contribution < -0.4 is 10.1 Å². The van der Waals surface area contributed by atoms with Crippen LogP contribution >= 0.6 is 0 Å². The molecule has 9 heteroatoms. The van der Waals surface area contributed by atoms with Crippen molar-refractivity contribution in [1.29, 1.82) is 0 Å². The number of hydrogen-bond acceptors (Lipinski definition) is 6. The maximum Gasteiger partial charge on any atom is 0.183 e. The molecule has 1 aromatic heterocycles. The number of H-pyrrole nitrogens is 1. The lowest BCUT2D eigenvalue weighted by atomic mass is 10.1. The van der Waals surface area contributed by atoms with Crippen LogP contribution in [0.5, 0.6) is 5.75 Å². The number of ether oxygens (including phenoxy) is 1. The van der Waals surface area contributed by atoms with Gasteiger partial charge in [-0.25, -0.2) is 16.8 Å². The van der Waals surface area contributed by atoms with E-state index in [4.69, 9.17) is 4.74 Å². The molecule has 1 aliphatic rings. The quantitative estimate of drug-likeness (QED) is 0.532. The van der Waals surface area contributed by atoms with Crippen molar-refractivity contribution in [2.75, 3.05) is 24.7 Å². The van der Waals surface area contributed by atoms with Crippen molar-refractivity contribution in [3.05, 3.63) is 60.3 Å². The second-order valence-corrected chi connectivity index (χ2v) is 12.1. The van der Waals surface area contributed by atoms with Crippen LogP contribution in [0.3, 0.4) is 0 Å². The van der Waals surface area contributed by atoms with Gasteiger partial charge < -0.3 is 15.0 Å². The van der Waals surface area contributed by atoms with Gasteiger partial charge in [0.05, 0.1) is 28.3 Å². The van der Waals surface area contributed by atoms with Crippen LogP contribution in [0.25, 0.3) is 10.9 Å². The number of benzene rings is 2. The monoisotopic (exact) mass is 462 g/mol. The highest BCUT2D eigenvalue weighted by atomic mass is 32.2. The minimum Gasteiger partial charge on any atom is -0.494 e. The number of hydrogen-bond donors (Lipinski definition) is 2. The second-order valence-electron chi connectivity index (χ2n) is 7.73. The summed E-state index contributed by atoms with van der Waals surface area (Å²) in [5.41, 5.74) is 2.15. The number of sulfone groups is 2. The van der Waals surface area contributed by atoms with Gasteiger partial charge in [0, 0.05) is 23.1 Å². The molecule has 4 rings (SSSR count). The predicted octanol–water partition coefficient (Wildman–Crippen LogP) is 2.34. The molecule has 3 aromatic rings. The zero-order valence-electron chi connectivity index (χ0n) is 17.2. The standard InChI is InChI=1S/C22H26N2O5S2/c1-2-29-17-7-9-18(10-8-17)31(27,28)22-15-30(25,26)14-21(22)23-12-11-16-13-24-20-6-4-3-5-19(16)20/h3-10,13,21-24H,2,11-12,14-15H2,1H3. The number of fused-ring (bicyclic) bond motifs is 1. The zero-order chi connectivity index (χ0) is 22.1. The fraction of sp³-hybridized carbons (Fsp3) is 0.364. The summed E-state index contributed by atoms with van der Waals surface area (Å²) < 4.78 is 56.4. The summed E-state index contributed by atoms with van der Waals surface area (Å²) in [5, 5.41) is 3.30. The Bertz CT molecular complexity index is 1260. The van der Waals surface area contributed by atoms with Crippen LogP contribution in [0, 0.1) is 0 Å². The van der Waals surface area contributed by atoms with Crippen LogP contribution in [0.4, 0.5) is 0 Å². The molecule has 2 atom stereocenters. The first-order valence-corrected chi connectivity index (χ1v) is 13.6. The first-order chi connectivity index (χ1) is 14.8. The molecular weight excluding hydrogens is 436 g/mol. The van der Waals surface area contributed by atoms with Gasteiger partial charge in [0.2, 0.25) is 0 Å². The topological polar surface area (TPSA) is 105 Å². The minimum absolute atomic E-state index is 0.112. The average Bonchev–Trinajstić information content (AvgIpc) is 3.29. The molecule has 166 valence electrons. The van der Waals surface area contributed by atoms with Gasteiger partial charge in [0.15, 0.2) is 19.7 Å². The van der Waals surface area contributed by atoms with E-state index in [0.29, 0.717) is 25.3 Å². The Morgan fingerprint density at radius 3 is 2.58 bits per heavy atom. The maximum absolute atomic E-state index is 13.2. The summed E-state index contributed by atoms with van der Waals surface area (Å²) in [4.78, 5) is 3.33. The SMILES string of the molecule is CCOc1ccc(S(=O)(=O)C2CS(=O)(=O)CC2NCCc2c[nH]c3ccccc23)cc1. The summed E-state index contributed by atoms with van der Waals surface area (Å²) in [6, 6.07) is 13.5. The number of aromatic amines is 1. The molecular formula is C22H26N2O5S2. The molecule has 2 unspecified atom stereocenters. The van der Waals surface area contributed by atoms with E-state index in [2.05, 4.69) is 10.3 Å². The van der Waals surface area contributed by atoms with E-state index < -0.39 is 31.0 Å². The first-order valence-electron chi connectivity index (χ1n) is 10.3. The van der Waals surface area contributed by atoms with E-state index >= 15 is 0 Å². The highest BCUT2D eigenvalue weighted by Gasteiger charge is 2.45. The third-order valence-electron chi connectivity index (χ3n) is 5.64. The fourth-order valence-corrected chi connectivity index (χ4v) is 8.83. The molecule has 7 nitrogen and oxygen atoms in total. The van der Waals surface area contributed by atoms with Crippen LogP contribution in [-0.4, -0.2) is 57.8 Å². The molecule has 2 heterocycles. The van der Waals surface area contributed by atoms with E-state index in [-0.39, 0.29) is 16.4 Å². The molecule has 1 saturated heterocycles. The Morgan fingerprint density at radius 2 is 1.84 bits per heavy atom. The third kappa shape index (κ3) is 4.63. The summed E-state index contributed by atoms with van der Waals surface area (Å²) in [5.74, 6) is 0.0312. The lowest BCUT2D eigenvalue weighted by Gasteiger charge is -2.20. The molecule has 31 heavy (non-hydrogen) atoms. The van der Waals surface area contributed by atoms with Gasteiger partial charge in [-0.05, 0) is 55.8 Å². The van der Waals surface area contributed by atoms with Gasteiger partial charge in [-0.3, -0.25) is 0 Å². The van der Waals surface area contributed by atoms with Crippen molar-refractivity contribution in [3.63, 3.8) is 0 Å². The Balaban J connectivity index is 1.49. The van der Waals surface area contributed by atoms with Crippen LogP contribution in [0.15, 0.2) is 59.6 Å². The third-order valence-corrected chi connectivity index (χ3v) is 9.80. The van der Waals surface area contributed by atoms with Gasteiger partial charge in [-0.15, -0.1) is 0 Å². The van der Waals surface area contributed by atoms with Crippen LogP contribution in [-0.2, 0) is 26.1 Å². The van der Waals surface area contributed by atoms with E-state index in [0.717, 1.165) is 16.5 Å². The molecule has 0 aliphatic carbocycles. The lowest BCUT2D eigenvalue weighted by molar-refractivity contribution is 0.340. The number of aromatic nitrogens is 1. The Hall–Kier alpha value is -2.36. The fourth-order valence-electron chi connectivity index (χ4n) is 4.11. The van der Waals surface area contributed by atoms with E-state index in [1.165, 1.54) is 12.1 Å².